The summed E-state index contributed by atoms with van der Waals surface area (Å²) in [4.78, 5) is 0. The minimum absolute atomic E-state index is 0.0786. The molecule has 0 amide bonds. The van der Waals surface area contributed by atoms with Crippen molar-refractivity contribution in [3.63, 3.8) is 0 Å². The highest BCUT2D eigenvalue weighted by molar-refractivity contribution is 6.30. The summed E-state index contributed by atoms with van der Waals surface area (Å²) in [6.07, 6.45) is 0.638. The molecule has 20 heavy (non-hydrogen) atoms. The molecule has 0 bridgehead atoms. The van der Waals surface area contributed by atoms with Crippen LogP contribution in [0.5, 0.6) is 0 Å². The van der Waals surface area contributed by atoms with E-state index < -0.39 is 11.6 Å². The molecule has 0 aliphatic carbocycles. The van der Waals surface area contributed by atoms with Crippen molar-refractivity contribution in [2.45, 2.75) is 20.3 Å². The van der Waals surface area contributed by atoms with Gasteiger partial charge in [0.25, 0.3) is 0 Å². The van der Waals surface area contributed by atoms with Gasteiger partial charge in [-0.1, -0.05) is 25.4 Å². The lowest BCUT2D eigenvalue weighted by atomic mass is 9.99. The van der Waals surface area contributed by atoms with Crippen LogP contribution in [0.1, 0.15) is 19.4 Å². The molecule has 2 rings (SSSR count). The second-order valence-electron chi connectivity index (χ2n) is 5.18. The minimum atomic E-state index is -0.678. The zero-order chi connectivity index (χ0) is 15.0. The van der Waals surface area contributed by atoms with E-state index in [0.717, 1.165) is 17.7 Å². The van der Waals surface area contributed by atoms with Crippen LogP contribution in [-0.4, -0.2) is 9.78 Å². The minimum Gasteiger partial charge on any atom is -0.384 e. The lowest BCUT2D eigenvalue weighted by Gasteiger charge is -2.08. The Labute approximate surface area is 121 Å². The number of benzene rings is 1. The second-order valence-corrected chi connectivity index (χ2v) is 5.59. The highest BCUT2D eigenvalue weighted by Gasteiger charge is 2.20. The number of nitrogens with zero attached hydrogens (tertiary/aromatic N) is 2. The van der Waals surface area contributed by atoms with Crippen LogP contribution in [0.25, 0.3) is 11.3 Å². The number of hydrogen-bond acceptors (Lipinski definition) is 2. The molecule has 6 heteroatoms. The molecule has 0 spiro atoms. The standard InChI is InChI=1S/C14H16ClF2N3/c1-7(2)4-9-13(19-20(3)14(9)18)8-5-12(17)10(15)6-11(8)16/h5-7H,4,18H2,1-3H3. The normalized spacial score (nSPS) is 11.3. The lowest BCUT2D eigenvalue weighted by Crippen LogP contribution is -2.02. The molecule has 2 N–H and O–H groups in total. The number of hydrogen-bond donors (Lipinski definition) is 1. The maximum atomic E-state index is 14.0. The summed E-state index contributed by atoms with van der Waals surface area (Å²) >= 11 is 5.57. The van der Waals surface area contributed by atoms with Crippen molar-refractivity contribution in [2.24, 2.45) is 13.0 Å². The van der Waals surface area contributed by atoms with Crippen LogP contribution in [-0.2, 0) is 13.5 Å². The van der Waals surface area contributed by atoms with Crippen LogP contribution in [0.15, 0.2) is 12.1 Å². The first kappa shape index (κ1) is 14.8. The SMILES string of the molecule is CC(C)Cc1c(-c2cc(F)c(Cl)cc2F)nn(C)c1N. The third-order valence-electron chi connectivity index (χ3n) is 3.07. The Hall–Kier alpha value is -1.62. The van der Waals surface area contributed by atoms with Crippen molar-refractivity contribution in [3.8, 4) is 11.3 Å². The van der Waals surface area contributed by atoms with E-state index in [1.807, 2.05) is 13.8 Å². The summed E-state index contributed by atoms with van der Waals surface area (Å²) in [5, 5.41) is 3.96. The van der Waals surface area contributed by atoms with Crippen LogP contribution < -0.4 is 5.73 Å². The maximum Gasteiger partial charge on any atom is 0.142 e. The van der Waals surface area contributed by atoms with Gasteiger partial charge in [-0.05, 0) is 24.5 Å². The molecule has 0 saturated heterocycles. The van der Waals surface area contributed by atoms with Crippen molar-refractivity contribution in [1.29, 1.82) is 0 Å². The Bertz CT molecular complexity index is 650. The van der Waals surface area contributed by atoms with E-state index in [9.17, 15) is 8.78 Å². The zero-order valence-corrected chi connectivity index (χ0v) is 12.3. The van der Waals surface area contributed by atoms with E-state index >= 15 is 0 Å². The van der Waals surface area contributed by atoms with Gasteiger partial charge in [0.15, 0.2) is 0 Å². The monoisotopic (exact) mass is 299 g/mol. The zero-order valence-electron chi connectivity index (χ0n) is 11.5. The van der Waals surface area contributed by atoms with Crippen LogP contribution in [0, 0.1) is 17.6 Å². The van der Waals surface area contributed by atoms with Crippen LogP contribution in [0.2, 0.25) is 5.02 Å². The maximum absolute atomic E-state index is 14.0. The Morgan fingerprint density at radius 2 is 1.95 bits per heavy atom. The van der Waals surface area contributed by atoms with Crippen molar-refractivity contribution in [3.05, 3.63) is 34.4 Å². The Morgan fingerprint density at radius 1 is 1.30 bits per heavy atom. The summed E-state index contributed by atoms with van der Waals surface area (Å²) in [7, 11) is 1.67. The number of nitrogen functional groups attached to an aromatic ring is 1. The van der Waals surface area contributed by atoms with Gasteiger partial charge in [0.05, 0.1) is 5.02 Å². The van der Waals surface area contributed by atoms with Gasteiger partial charge < -0.3 is 5.73 Å². The first-order valence-corrected chi connectivity index (χ1v) is 6.65. The van der Waals surface area contributed by atoms with Crippen molar-refractivity contribution >= 4 is 17.4 Å². The smallest absolute Gasteiger partial charge is 0.142 e. The molecule has 0 atom stereocenters. The molecule has 0 aliphatic heterocycles. The fourth-order valence-electron chi connectivity index (χ4n) is 2.11. The van der Waals surface area contributed by atoms with Crippen molar-refractivity contribution in [2.75, 3.05) is 5.73 Å². The molecule has 0 radical (unpaired) electrons. The summed E-state index contributed by atoms with van der Waals surface area (Å²) in [6.45, 7) is 4.05. The van der Waals surface area contributed by atoms with E-state index in [0.29, 0.717) is 23.9 Å². The predicted molar refractivity (Wildman–Crippen MR) is 76.5 cm³/mol. The summed E-state index contributed by atoms with van der Waals surface area (Å²) in [5.41, 5.74) is 7.14. The molecule has 0 fully saturated rings. The van der Waals surface area contributed by atoms with Gasteiger partial charge in [-0.15, -0.1) is 0 Å². The fourth-order valence-corrected chi connectivity index (χ4v) is 2.26. The molecule has 0 aliphatic rings. The van der Waals surface area contributed by atoms with Crippen molar-refractivity contribution in [1.82, 2.24) is 9.78 Å². The van der Waals surface area contributed by atoms with E-state index in [-0.39, 0.29) is 10.6 Å². The molecule has 2 aromatic rings. The number of nitrogens with two attached hydrogens (primary N) is 1. The van der Waals surface area contributed by atoms with Gasteiger partial charge >= 0.3 is 0 Å². The number of anilines is 1. The molecular weight excluding hydrogens is 284 g/mol. The summed E-state index contributed by atoms with van der Waals surface area (Å²) < 4.78 is 29.1. The average molecular weight is 300 g/mol. The molecular formula is C14H16ClF2N3. The molecule has 1 aromatic carbocycles. The average Bonchev–Trinajstić information content (AvgIpc) is 2.61. The van der Waals surface area contributed by atoms with Crippen LogP contribution in [0.3, 0.4) is 0 Å². The Kier molecular flexibility index (Phi) is 3.99. The van der Waals surface area contributed by atoms with Gasteiger partial charge in [0, 0.05) is 18.2 Å². The third kappa shape index (κ3) is 2.63. The van der Waals surface area contributed by atoms with Crippen LogP contribution in [0.4, 0.5) is 14.6 Å². The highest BCUT2D eigenvalue weighted by atomic mass is 35.5. The number of halogens is 3. The number of rotatable bonds is 3. The first-order chi connectivity index (χ1) is 9.31. The van der Waals surface area contributed by atoms with Crippen LogP contribution >= 0.6 is 11.6 Å². The van der Waals surface area contributed by atoms with Crippen molar-refractivity contribution < 1.29 is 8.78 Å². The van der Waals surface area contributed by atoms with Gasteiger partial charge in [0.2, 0.25) is 0 Å². The molecule has 108 valence electrons. The van der Waals surface area contributed by atoms with E-state index in [1.54, 1.807) is 7.05 Å². The molecule has 1 heterocycles. The molecule has 0 saturated carbocycles. The molecule has 3 nitrogen and oxygen atoms in total. The fraction of sp³-hybridized carbons (Fsp3) is 0.357. The Morgan fingerprint density at radius 3 is 2.55 bits per heavy atom. The number of aryl methyl sites for hydroxylation is 1. The number of aromatic nitrogens is 2. The molecule has 1 aromatic heterocycles. The first-order valence-electron chi connectivity index (χ1n) is 6.27. The highest BCUT2D eigenvalue weighted by Crippen LogP contribution is 2.32. The second kappa shape index (κ2) is 5.40. The molecule has 0 unspecified atom stereocenters. The van der Waals surface area contributed by atoms with Gasteiger partial charge in [-0.25, -0.2) is 8.78 Å². The largest absolute Gasteiger partial charge is 0.384 e. The lowest BCUT2D eigenvalue weighted by molar-refractivity contribution is 0.602. The Balaban J connectivity index is 2.63. The van der Waals surface area contributed by atoms with E-state index in [1.165, 1.54) is 4.68 Å². The van der Waals surface area contributed by atoms with E-state index in [4.69, 9.17) is 17.3 Å². The van der Waals surface area contributed by atoms with Gasteiger partial charge in [0.1, 0.15) is 23.1 Å². The summed E-state index contributed by atoms with van der Waals surface area (Å²) in [6, 6.07) is 2.01. The quantitative estimate of drug-likeness (QED) is 0.876. The van der Waals surface area contributed by atoms with E-state index in [2.05, 4.69) is 5.10 Å². The topological polar surface area (TPSA) is 43.8 Å². The third-order valence-corrected chi connectivity index (χ3v) is 3.36. The van der Waals surface area contributed by atoms with Gasteiger partial charge in [-0.2, -0.15) is 5.10 Å². The predicted octanol–water partition coefficient (Wildman–Crippen LogP) is 3.80. The summed E-state index contributed by atoms with van der Waals surface area (Å²) in [5.74, 6) is -0.508. The van der Waals surface area contributed by atoms with Gasteiger partial charge in [-0.3, -0.25) is 4.68 Å².